The highest BCUT2D eigenvalue weighted by Gasteiger charge is 2.33. The molecule has 1 aliphatic rings. The molecule has 1 aromatic rings. The Morgan fingerprint density at radius 2 is 2.19 bits per heavy atom. The number of carbonyl (C=O) groups is 1. The topological polar surface area (TPSA) is 52.9 Å². The van der Waals surface area contributed by atoms with Crippen LogP contribution in [-0.4, -0.2) is 5.91 Å². The van der Waals surface area contributed by atoms with Gasteiger partial charge in [0.1, 0.15) is 11.1 Å². The molecule has 0 spiro atoms. The van der Waals surface area contributed by atoms with Crippen molar-refractivity contribution in [3.05, 3.63) is 16.0 Å². The van der Waals surface area contributed by atoms with Gasteiger partial charge in [0.2, 0.25) is 5.91 Å². The molecule has 0 unspecified atom stereocenters. The molecule has 1 aromatic heterocycles. The highest BCUT2D eigenvalue weighted by atomic mass is 32.1. The fourth-order valence-corrected chi connectivity index (χ4v) is 4.26. The van der Waals surface area contributed by atoms with Crippen LogP contribution in [0.1, 0.15) is 63.0 Å². The average molecular weight is 304 g/mol. The van der Waals surface area contributed by atoms with E-state index in [0.717, 1.165) is 24.3 Å². The number of rotatable bonds is 4. The zero-order valence-corrected chi connectivity index (χ0v) is 14.2. The van der Waals surface area contributed by atoms with Gasteiger partial charge in [-0.1, -0.05) is 34.1 Å². The van der Waals surface area contributed by atoms with E-state index in [4.69, 9.17) is 0 Å². The molecule has 1 heterocycles. The summed E-state index contributed by atoms with van der Waals surface area (Å²) in [5, 5.41) is 13.1. The van der Waals surface area contributed by atoms with E-state index in [1.165, 1.54) is 16.9 Å². The van der Waals surface area contributed by atoms with Crippen LogP contribution < -0.4 is 5.32 Å². The summed E-state index contributed by atoms with van der Waals surface area (Å²) in [6.45, 7) is 8.74. The number of anilines is 1. The summed E-state index contributed by atoms with van der Waals surface area (Å²) >= 11 is 1.61. The van der Waals surface area contributed by atoms with Gasteiger partial charge < -0.3 is 5.32 Å². The zero-order chi connectivity index (χ0) is 15.6. The minimum Gasteiger partial charge on any atom is -0.317 e. The van der Waals surface area contributed by atoms with Gasteiger partial charge in [0.05, 0.1) is 5.56 Å². The lowest BCUT2D eigenvalue weighted by Gasteiger charge is -2.36. The molecule has 1 amide bonds. The van der Waals surface area contributed by atoms with E-state index >= 15 is 0 Å². The molecule has 0 aliphatic heterocycles. The van der Waals surface area contributed by atoms with Crippen LogP contribution in [0.25, 0.3) is 0 Å². The molecular formula is C17H24N2OS. The Morgan fingerprint density at radius 1 is 1.48 bits per heavy atom. The number of amides is 1. The van der Waals surface area contributed by atoms with Gasteiger partial charge in [0.15, 0.2) is 0 Å². The number of thiophene rings is 1. The van der Waals surface area contributed by atoms with Gasteiger partial charge in [-0.25, -0.2) is 0 Å². The van der Waals surface area contributed by atoms with Crippen LogP contribution in [0.4, 0.5) is 5.00 Å². The van der Waals surface area contributed by atoms with Crippen molar-refractivity contribution in [2.75, 3.05) is 5.32 Å². The summed E-state index contributed by atoms with van der Waals surface area (Å²) < 4.78 is 0. The Balaban J connectivity index is 2.29. The molecule has 0 bridgehead atoms. The van der Waals surface area contributed by atoms with Crippen molar-refractivity contribution in [2.45, 2.75) is 59.8 Å². The number of nitrogens with zero attached hydrogens (tertiary/aromatic N) is 1. The van der Waals surface area contributed by atoms with Gasteiger partial charge in [0, 0.05) is 11.3 Å². The first-order valence-corrected chi connectivity index (χ1v) is 8.59. The van der Waals surface area contributed by atoms with Crippen LogP contribution in [0.2, 0.25) is 0 Å². The summed E-state index contributed by atoms with van der Waals surface area (Å²) in [5.74, 6) is 0.644. The smallest absolute Gasteiger partial charge is 0.224 e. The molecule has 0 radical (unpaired) electrons. The van der Waals surface area contributed by atoms with Crippen LogP contribution in [0.3, 0.4) is 0 Å². The normalized spacial score (nSPS) is 18.0. The van der Waals surface area contributed by atoms with Crippen molar-refractivity contribution in [1.82, 2.24) is 0 Å². The SMILES string of the molecule is CCC(=O)Nc1sc2c(c1C#N)CC[C@@H](C(C)(C)CC)C2. The lowest BCUT2D eigenvalue weighted by Crippen LogP contribution is -2.28. The highest BCUT2D eigenvalue weighted by molar-refractivity contribution is 7.16. The largest absolute Gasteiger partial charge is 0.317 e. The van der Waals surface area contributed by atoms with Gasteiger partial charge >= 0.3 is 0 Å². The van der Waals surface area contributed by atoms with E-state index < -0.39 is 0 Å². The molecule has 4 heteroatoms. The molecule has 2 rings (SSSR count). The van der Waals surface area contributed by atoms with Crippen molar-refractivity contribution >= 4 is 22.2 Å². The Labute approximate surface area is 131 Å². The third-order valence-corrected chi connectivity index (χ3v) is 6.14. The fourth-order valence-electron chi connectivity index (χ4n) is 2.96. The van der Waals surface area contributed by atoms with Crippen LogP contribution in [0.5, 0.6) is 0 Å². The second kappa shape index (κ2) is 6.19. The number of carbonyl (C=O) groups excluding carboxylic acids is 1. The summed E-state index contributed by atoms with van der Waals surface area (Å²) in [4.78, 5) is 12.9. The zero-order valence-electron chi connectivity index (χ0n) is 13.4. The number of nitriles is 1. The molecule has 0 aromatic carbocycles. The van der Waals surface area contributed by atoms with Gasteiger partial charge in [-0.2, -0.15) is 5.26 Å². The maximum atomic E-state index is 11.6. The number of fused-ring (bicyclic) bond motifs is 1. The van der Waals surface area contributed by atoms with Crippen LogP contribution in [0, 0.1) is 22.7 Å². The molecule has 1 aliphatic carbocycles. The van der Waals surface area contributed by atoms with Crippen molar-refractivity contribution < 1.29 is 4.79 Å². The third-order valence-electron chi connectivity index (χ3n) is 4.97. The standard InChI is InChI=1S/C17H24N2OS/c1-5-15(20)19-16-13(10-18)12-8-7-11(9-14(12)21-16)17(3,4)6-2/h11H,5-9H2,1-4H3,(H,19,20)/t11-/m1/s1. The number of nitrogens with one attached hydrogen (secondary N) is 1. The summed E-state index contributed by atoms with van der Waals surface area (Å²) in [5.41, 5.74) is 2.21. The molecule has 0 saturated heterocycles. The second-order valence-electron chi connectivity index (χ2n) is 6.50. The lowest BCUT2D eigenvalue weighted by molar-refractivity contribution is -0.115. The third kappa shape index (κ3) is 3.13. The Kier molecular flexibility index (Phi) is 4.73. The average Bonchev–Trinajstić information content (AvgIpc) is 2.82. The predicted octanol–water partition coefficient (Wildman–Crippen LogP) is 4.51. The second-order valence-corrected chi connectivity index (χ2v) is 7.61. The molecule has 21 heavy (non-hydrogen) atoms. The predicted molar refractivity (Wildman–Crippen MR) is 87.5 cm³/mol. The first-order valence-electron chi connectivity index (χ1n) is 7.77. The van der Waals surface area contributed by atoms with Crippen molar-refractivity contribution in [3.8, 4) is 6.07 Å². The lowest BCUT2D eigenvalue weighted by atomic mass is 9.69. The van der Waals surface area contributed by atoms with E-state index in [1.807, 2.05) is 6.92 Å². The van der Waals surface area contributed by atoms with E-state index in [0.29, 0.717) is 23.3 Å². The van der Waals surface area contributed by atoms with E-state index in [9.17, 15) is 10.1 Å². The molecule has 3 nitrogen and oxygen atoms in total. The van der Waals surface area contributed by atoms with Gasteiger partial charge in [0.25, 0.3) is 0 Å². The minimum absolute atomic E-state index is 0.0180. The Bertz CT molecular complexity index is 580. The van der Waals surface area contributed by atoms with Crippen molar-refractivity contribution in [1.29, 1.82) is 5.26 Å². The van der Waals surface area contributed by atoms with Gasteiger partial charge in [-0.05, 0) is 36.2 Å². The molecule has 0 fully saturated rings. The summed E-state index contributed by atoms with van der Waals surface area (Å²) in [7, 11) is 0. The van der Waals surface area contributed by atoms with Crippen molar-refractivity contribution in [2.24, 2.45) is 11.3 Å². The van der Waals surface area contributed by atoms with Gasteiger partial charge in [-0.15, -0.1) is 11.3 Å². The highest BCUT2D eigenvalue weighted by Crippen LogP contribution is 2.45. The molecule has 1 atom stereocenters. The molecule has 114 valence electrons. The minimum atomic E-state index is -0.0180. The summed E-state index contributed by atoms with van der Waals surface area (Å²) in [6, 6.07) is 2.30. The van der Waals surface area contributed by atoms with E-state index in [-0.39, 0.29) is 5.91 Å². The number of hydrogen-bond acceptors (Lipinski definition) is 3. The Hall–Kier alpha value is -1.34. The molecule has 1 N–H and O–H groups in total. The maximum Gasteiger partial charge on any atom is 0.224 e. The van der Waals surface area contributed by atoms with Crippen LogP contribution in [0.15, 0.2) is 0 Å². The van der Waals surface area contributed by atoms with Crippen LogP contribution >= 0.6 is 11.3 Å². The molecular weight excluding hydrogens is 280 g/mol. The van der Waals surface area contributed by atoms with E-state index in [2.05, 4.69) is 32.2 Å². The monoisotopic (exact) mass is 304 g/mol. The quantitative estimate of drug-likeness (QED) is 0.889. The summed E-state index contributed by atoms with van der Waals surface area (Å²) in [6.07, 6.45) is 4.75. The van der Waals surface area contributed by atoms with Crippen molar-refractivity contribution in [3.63, 3.8) is 0 Å². The first kappa shape index (κ1) is 16.0. The van der Waals surface area contributed by atoms with Gasteiger partial charge in [-0.3, -0.25) is 4.79 Å². The molecule has 0 saturated carbocycles. The first-order chi connectivity index (χ1) is 9.92. The maximum absolute atomic E-state index is 11.6. The van der Waals surface area contributed by atoms with E-state index in [1.54, 1.807) is 11.3 Å². The number of hydrogen-bond donors (Lipinski definition) is 1. The Morgan fingerprint density at radius 3 is 2.76 bits per heavy atom. The van der Waals surface area contributed by atoms with Crippen LogP contribution in [-0.2, 0) is 17.6 Å². The fraction of sp³-hybridized carbons (Fsp3) is 0.647.